The fourth-order valence-corrected chi connectivity index (χ4v) is 2.41. The van der Waals surface area contributed by atoms with E-state index in [2.05, 4.69) is 4.98 Å². The first-order valence-corrected chi connectivity index (χ1v) is 5.63. The molecule has 1 aromatic heterocycles. The Morgan fingerprint density at radius 2 is 2.00 bits per heavy atom. The minimum atomic E-state index is -4.22. The van der Waals surface area contributed by atoms with Gasteiger partial charge in [0.15, 0.2) is 0 Å². The van der Waals surface area contributed by atoms with Gasteiger partial charge in [-0.15, -0.1) is 11.3 Å². The number of hydrogen-bond acceptors (Lipinski definition) is 2. The van der Waals surface area contributed by atoms with Crippen molar-refractivity contribution in [2.45, 2.75) is 25.9 Å². The summed E-state index contributed by atoms with van der Waals surface area (Å²) in [6.07, 6.45) is -4.22. The Morgan fingerprint density at radius 3 is 2.62 bits per heavy atom. The average Bonchev–Trinajstić information content (AvgIpc) is 2.57. The Labute approximate surface area is 94.9 Å². The first-order valence-electron chi connectivity index (χ1n) is 4.82. The third-order valence-corrected chi connectivity index (χ3v) is 3.64. The Bertz CT molecular complexity index is 515. The van der Waals surface area contributed by atoms with E-state index in [0.29, 0.717) is 5.52 Å². The molecule has 1 atom stereocenters. The summed E-state index contributed by atoms with van der Waals surface area (Å²) in [6.45, 7) is 3.04. The zero-order valence-electron chi connectivity index (χ0n) is 8.80. The highest BCUT2D eigenvalue weighted by atomic mass is 32.1. The van der Waals surface area contributed by atoms with E-state index < -0.39 is 12.1 Å². The van der Waals surface area contributed by atoms with Crippen LogP contribution in [0, 0.1) is 6.92 Å². The standard InChI is InChI=1S/C11H10F3NS/c1-6-3-4-9-8(5-6)15-10(16-9)7(2)11(12,13)14/h3-5,7H,1-2H3. The third kappa shape index (κ3) is 2.04. The van der Waals surface area contributed by atoms with E-state index in [1.807, 2.05) is 19.1 Å². The quantitative estimate of drug-likeness (QED) is 0.731. The van der Waals surface area contributed by atoms with Gasteiger partial charge in [0, 0.05) is 0 Å². The van der Waals surface area contributed by atoms with Gasteiger partial charge in [0.1, 0.15) is 10.9 Å². The Morgan fingerprint density at radius 1 is 1.31 bits per heavy atom. The van der Waals surface area contributed by atoms with Crippen molar-refractivity contribution in [1.82, 2.24) is 4.98 Å². The van der Waals surface area contributed by atoms with Gasteiger partial charge in [-0.1, -0.05) is 6.07 Å². The molecule has 0 bridgehead atoms. The van der Waals surface area contributed by atoms with E-state index in [-0.39, 0.29) is 5.01 Å². The van der Waals surface area contributed by atoms with Gasteiger partial charge in [-0.2, -0.15) is 13.2 Å². The molecule has 86 valence electrons. The van der Waals surface area contributed by atoms with Crippen LogP contribution in [-0.2, 0) is 0 Å². The second kappa shape index (κ2) is 3.73. The molecule has 0 fully saturated rings. The SMILES string of the molecule is Cc1ccc2sc(C(C)C(F)(F)F)nc2c1. The van der Waals surface area contributed by atoms with Crippen molar-refractivity contribution in [2.24, 2.45) is 0 Å². The molecule has 0 radical (unpaired) electrons. The maximum absolute atomic E-state index is 12.5. The van der Waals surface area contributed by atoms with Gasteiger partial charge in [-0.3, -0.25) is 0 Å². The first-order chi connectivity index (χ1) is 7.38. The molecule has 16 heavy (non-hydrogen) atoms. The lowest BCUT2D eigenvalue weighted by atomic mass is 10.2. The Balaban J connectivity index is 2.47. The third-order valence-electron chi connectivity index (χ3n) is 2.42. The van der Waals surface area contributed by atoms with Crippen molar-refractivity contribution in [3.05, 3.63) is 28.8 Å². The van der Waals surface area contributed by atoms with Crippen LogP contribution in [0.1, 0.15) is 23.4 Å². The number of thiazole rings is 1. The highest BCUT2D eigenvalue weighted by molar-refractivity contribution is 7.18. The van der Waals surface area contributed by atoms with Crippen LogP contribution >= 0.6 is 11.3 Å². The molecule has 5 heteroatoms. The molecule has 1 heterocycles. The summed E-state index contributed by atoms with van der Waals surface area (Å²) in [5.41, 5.74) is 1.65. The lowest BCUT2D eigenvalue weighted by molar-refractivity contribution is -0.146. The second-order valence-corrected chi connectivity index (χ2v) is 4.85. The molecule has 1 nitrogen and oxygen atoms in total. The van der Waals surface area contributed by atoms with Crippen LogP contribution in [0.15, 0.2) is 18.2 Å². The number of alkyl halides is 3. The minimum Gasteiger partial charge on any atom is -0.241 e. The number of benzene rings is 1. The molecule has 2 rings (SSSR count). The predicted octanol–water partition coefficient (Wildman–Crippen LogP) is 4.27. The summed E-state index contributed by atoms with van der Waals surface area (Å²) in [4.78, 5) is 4.04. The molecule has 2 aromatic rings. The van der Waals surface area contributed by atoms with Gasteiger partial charge in [0.2, 0.25) is 0 Å². The number of aryl methyl sites for hydroxylation is 1. The number of aromatic nitrogens is 1. The van der Waals surface area contributed by atoms with E-state index in [9.17, 15) is 13.2 Å². The topological polar surface area (TPSA) is 12.9 Å². The molecule has 0 saturated carbocycles. The van der Waals surface area contributed by atoms with Crippen LogP contribution in [0.2, 0.25) is 0 Å². The number of hydrogen-bond donors (Lipinski definition) is 0. The van der Waals surface area contributed by atoms with Gasteiger partial charge in [0.25, 0.3) is 0 Å². The maximum Gasteiger partial charge on any atom is 0.397 e. The molecular weight excluding hydrogens is 235 g/mol. The van der Waals surface area contributed by atoms with Gasteiger partial charge < -0.3 is 0 Å². The van der Waals surface area contributed by atoms with Crippen molar-refractivity contribution in [2.75, 3.05) is 0 Å². The minimum absolute atomic E-state index is 0.133. The molecule has 0 aliphatic rings. The summed E-state index contributed by atoms with van der Waals surface area (Å²) < 4.78 is 38.3. The number of halogens is 3. The Kier molecular flexibility index (Phi) is 2.66. The summed E-state index contributed by atoms with van der Waals surface area (Å²) in [5.74, 6) is -1.50. The van der Waals surface area contributed by atoms with Crippen molar-refractivity contribution >= 4 is 21.6 Å². The second-order valence-electron chi connectivity index (χ2n) is 3.79. The molecule has 0 spiro atoms. The smallest absolute Gasteiger partial charge is 0.241 e. The van der Waals surface area contributed by atoms with Crippen molar-refractivity contribution in [3.8, 4) is 0 Å². The molecule has 1 aromatic carbocycles. The van der Waals surface area contributed by atoms with Gasteiger partial charge in [-0.05, 0) is 31.5 Å². The molecule has 0 N–H and O–H groups in total. The van der Waals surface area contributed by atoms with E-state index in [4.69, 9.17) is 0 Å². The average molecular weight is 245 g/mol. The summed E-state index contributed by atoms with van der Waals surface area (Å²) in [7, 11) is 0. The molecule has 1 unspecified atom stereocenters. The molecule has 0 saturated heterocycles. The lowest BCUT2D eigenvalue weighted by Crippen LogP contribution is -2.17. The van der Waals surface area contributed by atoms with Crippen molar-refractivity contribution in [1.29, 1.82) is 0 Å². The van der Waals surface area contributed by atoms with Crippen LogP contribution in [0.25, 0.3) is 10.2 Å². The predicted molar refractivity (Wildman–Crippen MR) is 58.8 cm³/mol. The zero-order chi connectivity index (χ0) is 11.9. The number of fused-ring (bicyclic) bond motifs is 1. The lowest BCUT2D eigenvalue weighted by Gasteiger charge is -2.11. The Hall–Kier alpha value is -1.10. The van der Waals surface area contributed by atoms with Crippen LogP contribution in [0.5, 0.6) is 0 Å². The highest BCUT2D eigenvalue weighted by Gasteiger charge is 2.39. The fraction of sp³-hybridized carbons (Fsp3) is 0.364. The normalized spacial score (nSPS) is 14.3. The van der Waals surface area contributed by atoms with Gasteiger partial charge in [0.05, 0.1) is 10.2 Å². The van der Waals surface area contributed by atoms with E-state index >= 15 is 0 Å². The van der Waals surface area contributed by atoms with Crippen LogP contribution in [0.4, 0.5) is 13.2 Å². The zero-order valence-corrected chi connectivity index (χ0v) is 9.62. The summed E-state index contributed by atoms with van der Waals surface area (Å²) >= 11 is 1.11. The van der Waals surface area contributed by atoms with Crippen molar-refractivity contribution in [3.63, 3.8) is 0 Å². The number of nitrogens with zero attached hydrogens (tertiary/aromatic N) is 1. The monoisotopic (exact) mass is 245 g/mol. The summed E-state index contributed by atoms with van der Waals surface area (Å²) in [6, 6.07) is 5.50. The van der Waals surface area contributed by atoms with Gasteiger partial charge in [-0.25, -0.2) is 4.98 Å². The number of rotatable bonds is 1. The van der Waals surface area contributed by atoms with Crippen LogP contribution in [0.3, 0.4) is 0 Å². The highest BCUT2D eigenvalue weighted by Crippen LogP contribution is 2.37. The molecule has 0 aliphatic carbocycles. The van der Waals surface area contributed by atoms with E-state index in [1.165, 1.54) is 0 Å². The van der Waals surface area contributed by atoms with Crippen LogP contribution < -0.4 is 0 Å². The maximum atomic E-state index is 12.5. The molecule has 0 aliphatic heterocycles. The van der Waals surface area contributed by atoms with E-state index in [1.54, 1.807) is 6.07 Å². The largest absolute Gasteiger partial charge is 0.397 e. The van der Waals surface area contributed by atoms with Crippen molar-refractivity contribution < 1.29 is 13.2 Å². The van der Waals surface area contributed by atoms with Crippen LogP contribution in [-0.4, -0.2) is 11.2 Å². The molecular formula is C11H10F3NS. The molecule has 0 amide bonds. The van der Waals surface area contributed by atoms with Gasteiger partial charge >= 0.3 is 6.18 Å². The first kappa shape index (κ1) is 11.4. The fourth-order valence-electron chi connectivity index (χ4n) is 1.38. The summed E-state index contributed by atoms with van der Waals surface area (Å²) in [5, 5.41) is 0.133. The van der Waals surface area contributed by atoms with E-state index in [0.717, 1.165) is 28.5 Å².